The third-order valence-corrected chi connectivity index (χ3v) is 6.17. The molecule has 2 amide bonds. The molecule has 0 aliphatic carbocycles. The molecule has 1 aliphatic heterocycles. The van der Waals surface area contributed by atoms with Crippen molar-refractivity contribution in [2.24, 2.45) is 5.92 Å². The van der Waals surface area contributed by atoms with Gasteiger partial charge in [-0.1, -0.05) is 0 Å². The summed E-state index contributed by atoms with van der Waals surface area (Å²) in [6.07, 6.45) is 5.72. The number of amides is 2. The lowest BCUT2D eigenvalue weighted by atomic mass is 10.0. The van der Waals surface area contributed by atoms with Crippen molar-refractivity contribution >= 4 is 34.6 Å². The third kappa shape index (κ3) is 4.24. The smallest absolute Gasteiger partial charge is 0.321 e. The van der Waals surface area contributed by atoms with Crippen LogP contribution in [0.2, 0.25) is 0 Å². The summed E-state index contributed by atoms with van der Waals surface area (Å²) in [7, 11) is 0. The van der Waals surface area contributed by atoms with E-state index in [0.717, 1.165) is 48.6 Å². The molecule has 1 N–H and O–H groups in total. The molecule has 2 aromatic heterocycles. The van der Waals surface area contributed by atoms with Gasteiger partial charge in [-0.25, -0.2) is 14.8 Å². The fourth-order valence-corrected chi connectivity index (χ4v) is 4.39. The maximum atomic E-state index is 12.7. The molecule has 29 heavy (non-hydrogen) atoms. The van der Waals surface area contributed by atoms with Crippen LogP contribution in [0.15, 0.2) is 47.5 Å². The number of hydrogen-bond donors (Lipinski definition) is 1. The first kappa shape index (κ1) is 19.8. The Morgan fingerprint density at radius 1 is 1.28 bits per heavy atom. The van der Waals surface area contributed by atoms with Crippen LogP contribution in [-0.2, 0) is 6.42 Å². The zero-order valence-corrected chi connectivity index (χ0v) is 17.9. The van der Waals surface area contributed by atoms with E-state index in [9.17, 15) is 4.79 Å². The van der Waals surface area contributed by atoms with E-state index >= 15 is 0 Å². The first-order valence-electron chi connectivity index (χ1n) is 10.1. The molecule has 0 bridgehead atoms. The van der Waals surface area contributed by atoms with Crippen molar-refractivity contribution < 1.29 is 4.79 Å². The van der Waals surface area contributed by atoms with Gasteiger partial charge in [-0.3, -0.25) is 0 Å². The lowest BCUT2D eigenvalue weighted by Crippen LogP contribution is -2.33. The number of hydrogen-bond acceptors (Lipinski definition) is 4. The highest BCUT2D eigenvalue weighted by atomic mass is 32.2. The molecule has 152 valence electrons. The van der Waals surface area contributed by atoms with E-state index < -0.39 is 0 Å². The normalized spacial score (nSPS) is 16.7. The molecule has 0 saturated carbocycles. The van der Waals surface area contributed by atoms with E-state index in [4.69, 9.17) is 4.98 Å². The Morgan fingerprint density at radius 2 is 2.07 bits per heavy atom. The number of likely N-dealkylation sites (tertiary alicyclic amines) is 1. The molecule has 6 nitrogen and oxygen atoms in total. The number of anilines is 1. The Morgan fingerprint density at radius 3 is 2.79 bits per heavy atom. The Bertz CT molecular complexity index is 998. The number of fused-ring (bicyclic) bond motifs is 1. The van der Waals surface area contributed by atoms with Gasteiger partial charge < -0.3 is 14.8 Å². The Hall–Kier alpha value is -2.54. The molecule has 0 radical (unpaired) electrons. The van der Waals surface area contributed by atoms with E-state index in [1.165, 1.54) is 4.90 Å². The standard InChI is InChI=1S/C22H27N5OS/c1-15(2)27-20(25-19-5-4-11-23-21(19)27)13-16-10-12-26(14-16)22(28)24-17-6-8-18(29-3)9-7-17/h4-9,11,15-16H,10,12-14H2,1-3H3,(H,24,28)/t16-/m1/s1. The van der Waals surface area contributed by atoms with Crippen molar-refractivity contribution in [3.63, 3.8) is 0 Å². The maximum Gasteiger partial charge on any atom is 0.321 e. The van der Waals surface area contributed by atoms with Gasteiger partial charge in [0.05, 0.1) is 0 Å². The van der Waals surface area contributed by atoms with E-state index in [1.54, 1.807) is 11.8 Å². The molecular formula is C22H27N5OS. The number of nitrogens with one attached hydrogen (secondary N) is 1. The quantitative estimate of drug-likeness (QED) is 0.613. The zero-order valence-electron chi connectivity index (χ0n) is 17.1. The van der Waals surface area contributed by atoms with Crippen LogP contribution in [0.4, 0.5) is 10.5 Å². The zero-order chi connectivity index (χ0) is 20.4. The van der Waals surface area contributed by atoms with Crippen molar-refractivity contribution in [2.45, 2.75) is 37.6 Å². The Kier molecular flexibility index (Phi) is 5.76. The number of pyridine rings is 1. The average molecular weight is 410 g/mol. The van der Waals surface area contributed by atoms with Gasteiger partial charge in [0, 0.05) is 42.3 Å². The Labute approximate surface area is 175 Å². The lowest BCUT2D eigenvalue weighted by molar-refractivity contribution is 0.220. The molecule has 4 rings (SSSR count). The highest BCUT2D eigenvalue weighted by Gasteiger charge is 2.28. The highest BCUT2D eigenvalue weighted by Crippen LogP contribution is 2.26. The van der Waals surface area contributed by atoms with Gasteiger partial charge in [-0.2, -0.15) is 0 Å². The van der Waals surface area contributed by atoms with Crippen molar-refractivity contribution in [1.29, 1.82) is 0 Å². The number of urea groups is 1. The van der Waals surface area contributed by atoms with Crippen LogP contribution in [0.25, 0.3) is 11.2 Å². The number of aromatic nitrogens is 3. The summed E-state index contributed by atoms with van der Waals surface area (Å²) < 4.78 is 2.23. The summed E-state index contributed by atoms with van der Waals surface area (Å²) in [4.78, 5) is 25.1. The van der Waals surface area contributed by atoms with Crippen LogP contribution < -0.4 is 5.32 Å². The minimum Gasteiger partial charge on any atom is -0.324 e. The van der Waals surface area contributed by atoms with Gasteiger partial charge in [-0.15, -0.1) is 11.8 Å². The predicted octanol–water partition coefficient (Wildman–Crippen LogP) is 4.83. The molecule has 1 aliphatic rings. The molecule has 1 saturated heterocycles. The minimum absolute atomic E-state index is 0.0246. The second-order valence-corrected chi connectivity index (χ2v) is 8.68. The van der Waals surface area contributed by atoms with E-state index in [2.05, 4.69) is 28.7 Å². The predicted molar refractivity (Wildman–Crippen MR) is 119 cm³/mol. The first-order chi connectivity index (χ1) is 14.0. The molecular weight excluding hydrogens is 382 g/mol. The van der Waals surface area contributed by atoms with E-state index in [1.807, 2.05) is 53.8 Å². The number of nitrogens with zero attached hydrogens (tertiary/aromatic N) is 4. The molecule has 0 unspecified atom stereocenters. The molecule has 7 heteroatoms. The monoisotopic (exact) mass is 409 g/mol. The summed E-state index contributed by atoms with van der Waals surface area (Å²) in [6, 6.07) is 12.2. The third-order valence-electron chi connectivity index (χ3n) is 5.42. The Balaban J connectivity index is 1.41. The fraction of sp³-hybridized carbons (Fsp3) is 0.409. The van der Waals surface area contributed by atoms with Gasteiger partial charge in [0.2, 0.25) is 0 Å². The van der Waals surface area contributed by atoms with Crippen molar-refractivity contribution in [3.05, 3.63) is 48.4 Å². The average Bonchev–Trinajstić information content (AvgIpc) is 3.33. The number of thioether (sulfide) groups is 1. The maximum absolute atomic E-state index is 12.7. The molecule has 0 spiro atoms. The number of carbonyl (C=O) groups is 1. The molecule has 1 aromatic carbocycles. The number of rotatable bonds is 5. The fourth-order valence-electron chi connectivity index (χ4n) is 3.98. The van der Waals surface area contributed by atoms with Crippen LogP contribution in [0.1, 0.15) is 32.1 Å². The summed E-state index contributed by atoms with van der Waals surface area (Å²) in [5, 5.41) is 3.02. The summed E-state index contributed by atoms with van der Waals surface area (Å²) in [5.74, 6) is 1.47. The molecule has 1 fully saturated rings. The van der Waals surface area contributed by atoms with Crippen LogP contribution in [0.3, 0.4) is 0 Å². The highest BCUT2D eigenvalue weighted by molar-refractivity contribution is 7.98. The van der Waals surface area contributed by atoms with Crippen LogP contribution >= 0.6 is 11.8 Å². The molecule has 3 aromatic rings. The summed E-state index contributed by atoms with van der Waals surface area (Å²) >= 11 is 1.69. The van der Waals surface area contributed by atoms with E-state index in [0.29, 0.717) is 12.0 Å². The van der Waals surface area contributed by atoms with Gasteiger partial charge >= 0.3 is 6.03 Å². The van der Waals surface area contributed by atoms with Crippen molar-refractivity contribution in [2.75, 3.05) is 24.7 Å². The molecule has 3 heterocycles. The van der Waals surface area contributed by atoms with Gasteiger partial charge in [-0.05, 0) is 68.8 Å². The van der Waals surface area contributed by atoms with Gasteiger partial charge in [0.25, 0.3) is 0 Å². The lowest BCUT2D eigenvalue weighted by Gasteiger charge is -2.18. The first-order valence-corrected chi connectivity index (χ1v) is 11.3. The van der Waals surface area contributed by atoms with Crippen LogP contribution in [-0.4, -0.2) is 44.8 Å². The second kappa shape index (κ2) is 8.45. The topological polar surface area (TPSA) is 63.1 Å². The molecule has 1 atom stereocenters. The van der Waals surface area contributed by atoms with Crippen LogP contribution in [0.5, 0.6) is 0 Å². The van der Waals surface area contributed by atoms with E-state index in [-0.39, 0.29) is 6.03 Å². The van der Waals surface area contributed by atoms with Crippen molar-refractivity contribution in [1.82, 2.24) is 19.4 Å². The SMILES string of the molecule is CSc1ccc(NC(=O)N2CC[C@H](Cc3nc4cccnc4n3C(C)C)C2)cc1. The van der Waals surface area contributed by atoms with Crippen molar-refractivity contribution in [3.8, 4) is 0 Å². The minimum atomic E-state index is -0.0246. The second-order valence-electron chi connectivity index (χ2n) is 7.80. The summed E-state index contributed by atoms with van der Waals surface area (Å²) in [5.41, 5.74) is 2.72. The number of imidazole rings is 1. The van der Waals surface area contributed by atoms with Crippen LogP contribution in [0, 0.1) is 5.92 Å². The van der Waals surface area contributed by atoms with Gasteiger partial charge in [0.15, 0.2) is 5.65 Å². The summed E-state index contributed by atoms with van der Waals surface area (Å²) in [6.45, 7) is 5.86. The number of carbonyl (C=O) groups excluding carboxylic acids is 1. The van der Waals surface area contributed by atoms with Gasteiger partial charge in [0.1, 0.15) is 11.3 Å². The largest absolute Gasteiger partial charge is 0.324 e. The number of benzene rings is 1.